The van der Waals surface area contributed by atoms with Crippen molar-refractivity contribution in [2.24, 2.45) is 0 Å². The van der Waals surface area contributed by atoms with E-state index in [-0.39, 0.29) is 21.8 Å². The van der Waals surface area contributed by atoms with Crippen molar-refractivity contribution in [2.45, 2.75) is 10.6 Å². The molecule has 116 valence electrons. The molecule has 0 radical (unpaired) electrons. The molecule has 0 aliphatic rings. The van der Waals surface area contributed by atoms with E-state index in [0.717, 1.165) is 0 Å². The molecule has 0 saturated carbocycles. The number of benzene rings is 2. The minimum atomic E-state index is -3.64. The maximum absolute atomic E-state index is 12.4. The molecule has 5 nitrogen and oxygen atoms in total. The summed E-state index contributed by atoms with van der Waals surface area (Å²) in [6, 6.07) is 10.9. The van der Waals surface area contributed by atoms with E-state index in [2.05, 4.69) is 15.9 Å². The van der Waals surface area contributed by atoms with Crippen molar-refractivity contribution < 1.29 is 23.1 Å². The van der Waals surface area contributed by atoms with E-state index in [9.17, 15) is 18.3 Å². The summed E-state index contributed by atoms with van der Waals surface area (Å²) in [5, 5.41) is 9.37. The standard InChI is InChI=1S/C15H13BrO5S/c1-21-14-12(16)8-7-10(13(14)15(17)18)9-22(19,20)11-5-3-2-4-6-11/h2-8H,9H2,1H3,(H,17,18). The first-order valence-electron chi connectivity index (χ1n) is 6.23. The third-order valence-electron chi connectivity index (χ3n) is 3.06. The van der Waals surface area contributed by atoms with Gasteiger partial charge >= 0.3 is 5.97 Å². The molecule has 0 bridgehead atoms. The van der Waals surface area contributed by atoms with Gasteiger partial charge in [0.05, 0.1) is 22.2 Å². The minimum absolute atomic E-state index is 0.105. The second-order valence-electron chi connectivity index (χ2n) is 4.49. The highest BCUT2D eigenvalue weighted by Gasteiger charge is 2.24. The Morgan fingerprint density at radius 2 is 1.82 bits per heavy atom. The zero-order chi connectivity index (χ0) is 16.3. The fraction of sp³-hybridized carbons (Fsp3) is 0.133. The highest BCUT2D eigenvalue weighted by molar-refractivity contribution is 9.10. The van der Waals surface area contributed by atoms with Crippen LogP contribution >= 0.6 is 15.9 Å². The van der Waals surface area contributed by atoms with Crippen LogP contribution in [-0.4, -0.2) is 26.6 Å². The molecule has 2 aromatic carbocycles. The van der Waals surface area contributed by atoms with Gasteiger partial charge in [0.15, 0.2) is 9.84 Å². The van der Waals surface area contributed by atoms with Crippen molar-refractivity contribution in [3.8, 4) is 5.75 Å². The third-order valence-corrected chi connectivity index (χ3v) is 5.37. The number of hydrogen-bond donors (Lipinski definition) is 1. The third kappa shape index (κ3) is 3.31. The molecule has 7 heteroatoms. The van der Waals surface area contributed by atoms with Gasteiger partial charge in [0.25, 0.3) is 0 Å². The first kappa shape index (κ1) is 16.5. The molecule has 0 aliphatic heterocycles. The molecule has 0 aliphatic carbocycles. The highest BCUT2D eigenvalue weighted by Crippen LogP contribution is 2.33. The quantitative estimate of drug-likeness (QED) is 0.856. The Morgan fingerprint density at radius 1 is 1.18 bits per heavy atom. The van der Waals surface area contributed by atoms with Gasteiger partial charge in [-0.25, -0.2) is 13.2 Å². The summed E-state index contributed by atoms with van der Waals surface area (Å²) in [6.45, 7) is 0. The zero-order valence-corrected chi connectivity index (χ0v) is 14.0. The Balaban J connectivity index is 2.53. The van der Waals surface area contributed by atoms with Crippen molar-refractivity contribution in [3.63, 3.8) is 0 Å². The van der Waals surface area contributed by atoms with Crippen LogP contribution in [0.3, 0.4) is 0 Å². The first-order chi connectivity index (χ1) is 10.4. The zero-order valence-electron chi connectivity index (χ0n) is 11.6. The fourth-order valence-electron chi connectivity index (χ4n) is 2.07. The minimum Gasteiger partial charge on any atom is -0.495 e. The molecule has 0 amide bonds. The van der Waals surface area contributed by atoms with E-state index in [0.29, 0.717) is 4.47 Å². The molecular weight excluding hydrogens is 372 g/mol. The number of aromatic carboxylic acids is 1. The van der Waals surface area contributed by atoms with Crippen molar-refractivity contribution in [1.29, 1.82) is 0 Å². The van der Waals surface area contributed by atoms with Crippen molar-refractivity contribution in [3.05, 3.63) is 58.1 Å². The van der Waals surface area contributed by atoms with E-state index < -0.39 is 21.6 Å². The van der Waals surface area contributed by atoms with Gasteiger partial charge in [-0.3, -0.25) is 0 Å². The molecule has 0 heterocycles. The van der Waals surface area contributed by atoms with Crippen LogP contribution in [0.2, 0.25) is 0 Å². The lowest BCUT2D eigenvalue weighted by molar-refractivity contribution is 0.0692. The molecule has 0 fully saturated rings. The van der Waals surface area contributed by atoms with Crippen molar-refractivity contribution >= 4 is 31.7 Å². The molecule has 0 spiro atoms. The summed E-state index contributed by atoms with van der Waals surface area (Å²) in [5.74, 6) is -1.55. The number of carboxylic acids is 1. The summed E-state index contributed by atoms with van der Waals surface area (Å²) < 4.78 is 30.4. The van der Waals surface area contributed by atoms with Gasteiger partial charge in [0, 0.05) is 0 Å². The van der Waals surface area contributed by atoms with Crippen LogP contribution in [0.1, 0.15) is 15.9 Å². The molecule has 0 unspecified atom stereocenters. The van der Waals surface area contributed by atoms with Crippen LogP contribution in [0.4, 0.5) is 0 Å². The molecule has 0 saturated heterocycles. The second-order valence-corrected chi connectivity index (χ2v) is 7.34. The van der Waals surface area contributed by atoms with Gasteiger partial charge in [-0.15, -0.1) is 0 Å². The van der Waals surface area contributed by atoms with Gasteiger partial charge in [-0.05, 0) is 39.7 Å². The Labute approximate surface area is 136 Å². The Morgan fingerprint density at radius 3 is 2.36 bits per heavy atom. The Bertz CT molecular complexity index is 800. The lowest BCUT2D eigenvalue weighted by atomic mass is 10.1. The van der Waals surface area contributed by atoms with Crippen LogP contribution in [0, 0.1) is 0 Å². The second kappa shape index (κ2) is 6.50. The monoisotopic (exact) mass is 384 g/mol. The predicted molar refractivity (Wildman–Crippen MR) is 85.0 cm³/mol. The first-order valence-corrected chi connectivity index (χ1v) is 8.68. The summed E-state index contributed by atoms with van der Waals surface area (Å²) in [6.07, 6.45) is 0. The van der Waals surface area contributed by atoms with Gasteiger partial charge < -0.3 is 9.84 Å². The molecule has 1 N–H and O–H groups in total. The lowest BCUT2D eigenvalue weighted by Gasteiger charge is -2.13. The summed E-state index contributed by atoms with van der Waals surface area (Å²) in [5.41, 5.74) is 0.0211. The lowest BCUT2D eigenvalue weighted by Crippen LogP contribution is -2.11. The van der Waals surface area contributed by atoms with E-state index in [1.54, 1.807) is 24.3 Å². The number of ether oxygens (including phenoxy) is 1. The molecule has 22 heavy (non-hydrogen) atoms. The number of methoxy groups -OCH3 is 1. The average molecular weight is 385 g/mol. The van der Waals surface area contributed by atoms with Gasteiger partial charge in [0.1, 0.15) is 11.3 Å². The smallest absolute Gasteiger partial charge is 0.339 e. The Kier molecular flexibility index (Phi) is 4.87. The van der Waals surface area contributed by atoms with E-state index >= 15 is 0 Å². The number of hydrogen-bond acceptors (Lipinski definition) is 4. The maximum atomic E-state index is 12.4. The number of sulfone groups is 1. The Hall–Kier alpha value is -1.86. The maximum Gasteiger partial charge on any atom is 0.339 e. The van der Waals surface area contributed by atoms with Gasteiger partial charge in [-0.2, -0.15) is 0 Å². The van der Waals surface area contributed by atoms with Gasteiger partial charge in [0.2, 0.25) is 0 Å². The number of carboxylic acid groups (broad SMARTS) is 1. The van der Waals surface area contributed by atoms with E-state index in [4.69, 9.17) is 4.74 Å². The summed E-state index contributed by atoms with van der Waals surface area (Å²) >= 11 is 3.20. The predicted octanol–water partition coefficient (Wildman–Crippen LogP) is 3.13. The largest absolute Gasteiger partial charge is 0.495 e. The number of carbonyl (C=O) groups is 1. The van der Waals surface area contributed by atoms with Crippen LogP contribution in [-0.2, 0) is 15.6 Å². The fourth-order valence-corrected chi connectivity index (χ4v) is 3.95. The summed E-state index contributed by atoms with van der Waals surface area (Å²) in [4.78, 5) is 11.6. The molecular formula is C15H13BrO5S. The topological polar surface area (TPSA) is 80.7 Å². The van der Waals surface area contributed by atoms with Gasteiger partial charge in [-0.1, -0.05) is 24.3 Å². The van der Waals surface area contributed by atoms with E-state index in [1.807, 2.05) is 0 Å². The van der Waals surface area contributed by atoms with Crippen LogP contribution in [0.25, 0.3) is 0 Å². The molecule has 2 aromatic rings. The van der Waals surface area contributed by atoms with Crippen molar-refractivity contribution in [2.75, 3.05) is 7.11 Å². The molecule has 2 rings (SSSR count). The normalized spacial score (nSPS) is 11.2. The highest BCUT2D eigenvalue weighted by atomic mass is 79.9. The van der Waals surface area contributed by atoms with Crippen LogP contribution in [0.15, 0.2) is 51.8 Å². The molecule has 0 aromatic heterocycles. The van der Waals surface area contributed by atoms with E-state index in [1.165, 1.54) is 25.3 Å². The average Bonchev–Trinajstić information content (AvgIpc) is 2.49. The SMILES string of the molecule is COc1c(Br)ccc(CS(=O)(=O)c2ccccc2)c1C(=O)O. The van der Waals surface area contributed by atoms with Crippen LogP contribution < -0.4 is 4.74 Å². The van der Waals surface area contributed by atoms with Crippen LogP contribution in [0.5, 0.6) is 5.75 Å². The number of rotatable bonds is 5. The summed E-state index contributed by atoms with van der Waals surface area (Å²) in [7, 11) is -2.31. The molecule has 0 atom stereocenters. The number of halogens is 1. The van der Waals surface area contributed by atoms with Crippen molar-refractivity contribution in [1.82, 2.24) is 0 Å².